The second-order valence-electron chi connectivity index (χ2n) is 8.04. The quantitative estimate of drug-likeness (QED) is 0.713. The lowest BCUT2D eigenvalue weighted by atomic mass is 10.1. The molecule has 7 heteroatoms. The number of carbonyl (C=O) groups is 1. The van der Waals surface area contributed by atoms with Gasteiger partial charge in [0, 0.05) is 23.0 Å². The van der Waals surface area contributed by atoms with E-state index in [0.29, 0.717) is 5.17 Å². The Morgan fingerprint density at radius 2 is 1.83 bits per heavy atom. The summed E-state index contributed by atoms with van der Waals surface area (Å²) < 4.78 is 2.17. The maximum absolute atomic E-state index is 12.7. The van der Waals surface area contributed by atoms with Crippen LogP contribution in [0.3, 0.4) is 0 Å². The molecule has 0 unspecified atom stereocenters. The first-order valence-electron chi connectivity index (χ1n) is 9.94. The molecule has 1 amide bonds. The number of thioether (sulfide) groups is 1. The summed E-state index contributed by atoms with van der Waals surface area (Å²) in [6, 6.07) is 8.43. The molecule has 0 fully saturated rings. The molecule has 154 valence electrons. The van der Waals surface area contributed by atoms with E-state index in [1.54, 1.807) is 6.08 Å². The summed E-state index contributed by atoms with van der Waals surface area (Å²) in [7, 11) is 0. The summed E-state index contributed by atoms with van der Waals surface area (Å²) >= 11 is 1.36. The van der Waals surface area contributed by atoms with Crippen LogP contribution in [0.4, 0.5) is 0 Å². The molecular formula is C23H25N5OS. The van der Waals surface area contributed by atoms with Gasteiger partial charge in [-0.15, -0.1) is 0 Å². The Balaban J connectivity index is 1.75. The molecule has 2 aliphatic rings. The number of nitrogens with zero attached hydrogens (tertiary/aromatic N) is 4. The Morgan fingerprint density at radius 1 is 1.10 bits per heavy atom. The van der Waals surface area contributed by atoms with Crippen molar-refractivity contribution in [1.82, 2.24) is 9.58 Å². The van der Waals surface area contributed by atoms with Gasteiger partial charge in [0.05, 0.1) is 5.57 Å². The number of amidine groups is 2. The molecule has 30 heavy (non-hydrogen) atoms. The smallest absolute Gasteiger partial charge is 0.283 e. The topological polar surface area (TPSA) is 73.8 Å². The zero-order valence-corrected chi connectivity index (χ0v) is 18.9. The zero-order chi connectivity index (χ0) is 21.7. The molecule has 1 aromatic heterocycles. The van der Waals surface area contributed by atoms with E-state index in [2.05, 4.69) is 46.7 Å². The second-order valence-corrected chi connectivity index (χ2v) is 9.03. The molecule has 1 N–H and O–H groups in total. The largest absolute Gasteiger partial charge is 0.318 e. The second kappa shape index (κ2) is 7.40. The predicted octanol–water partition coefficient (Wildman–Crippen LogP) is 4.99. The van der Waals surface area contributed by atoms with Crippen molar-refractivity contribution in [2.24, 2.45) is 16.0 Å². The number of carbonyl (C=O) groups excluding carboxylic acids is 1. The number of aryl methyl sites for hydroxylation is 3. The van der Waals surface area contributed by atoms with Gasteiger partial charge in [0.1, 0.15) is 5.04 Å². The van der Waals surface area contributed by atoms with Gasteiger partial charge in [0.25, 0.3) is 5.91 Å². The summed E-state index contributed by atoms with van der Waals surface area (Å²) in [5.41, 5.74) is 6.81. The molecule has 4 rings (SSSR count). The lowest BCUT2D eigenvalue weighted by molar-refractivity contribution is -0.114. The minimum Gasteiger partial charge on any atom is -0.318 e. The number of amides is 1. The average molecular weight is 420 g/mol. The fraction of sp³-hybridized carbons (Fsp3) is 0.304. The molecule has 0 bridgehead atoms. The van der Waals surface area contributed by atoms with Crippen LogP contribution < -0.4 is 0 Å². The van der Waals surface area contributed by atoms with Gasteiger partial charge in [-0.05, 0) is 80.4 Å². The summed E-state index contributed by atoms with van der Waals surface area (Å²) in [6.07, 6.45) is 1.76. The zero-order valence-electron chi connectivity index (χ0n) is 18.1. The first kappa shape index (κ1) is 20.3. The lowest BCUT2D eigenvalue weighted by Gasteiger charge is -2.20. The van der Waals surface area contributed by atoms with Gasteiger partial charge < -0.3 is 4.57 Å². The van der Waals surface area contributed by atoms with Crippen molar-refractivity contribution < 1.29 is 4.79 Å². The fourth-order valence-corrected chi connectivity index (χ4v) is 4.48. The van der Waals surface area contributed by atoms with E-state index in [-0.39, 0.29) is 17.3 Å². The average Bonchev–Trinajstić information content (AvgIpc) is 3.22. The molecule has 2 aromatic rings. The Kier molecular flexibility index (Phi) is 5.02. The van der Waals surface area contributed by atoms with Crippen LogP contribution in [0.25, 0.3) is 11.8 Å². The van der Waals surface area contributed by atoms with E-state index in [9.17, 15) is 4.79 Å². The normalized spacial score (nSPS) is 17.7. The van der Waals surface area contributed by atoms with Crippen LogP contribution in [0.5, 0.6) is 0 Å². The Hall–Kier alpha value is -2.93. The first-order valence-corrected chi connectivity index (χ1v) is 10.8. The number of benzene rings is 1. The third kappa shape index (κ3) is 3.33. The third-order valence-corrected chi connectivity index (χ3v) is 6.69. The van der Waals surface area contributed by atoms with Crippen molar-refractivity contribution in [1.29, 1.82) is 5.41 Å². The van der Waals surface area contributed by atoms with Gasteiger partial charge in [-0.25, -0.2) is 0 Å². The van der Waals surface area contributed by atoms with Gasteiger partial charge in [-0.1, -0.05) is 19.9 Å². The van der Waals surface area contributed by atoms with Crippen molar-refractivity contribution in [3.8, 4) is 5.69 Å². The molecule has 0 atom stereocenters. The molecule has 0 saturated heterocycles. The predicted molar refractivity (Wildman–Crippen MR) is 125 cm³/mol. The van der Waals surface area contributed by atoms with Crippen molar-refractivity contribution in [3.05, 3.63) is 57.9 Å². The van der Waals surface area contributed by atoms with E-state index in [1.807, 2.05) is 33.8 Å². The van der Waals surface area contributed by atoms with Crippen molar-refractivity contribution in [2.45, 2.75) is 41.5 Å². The summed E-state index contributed by atoms with van der Waals surface area (Å²) in [5, 5.41) is 15.8. The van der Waals surface area contributed by atoms with E-state index in [1.165, 1.54) is 27.9 Å². The molecule has 1 aromatic carbocycles. The number of aromatic nitrogens is 1. The highest BCUT2D eigenvalue weighted by Crippen LogP contribution is 2.31. The van der Waals surface area contributed by atoms with Gasteiger partial charge in [-0.2, -0.15) is 15.1 Å². The van der Waals surface area contributed by atoms with E-state index >= 15 is 0 Å². The number of aliphatic imine (C=N–C) groups is 1. The number of rotatable bonds is 3. The maximum Gasteiger partial charge on any atom is 0.283 e. The SMILES string of the molecule is Cc1ccc(-n2c(C)cc(/C=C3/C(=N)N4N=C(C(C)C)SC4=NC3=O)c2C)cc1C. The van der Waals surface area contributed by atoms with Crippen molar-refractivity contribution >= 4 is 39.8 Å². The Bertz CT molecular complexity index is 1180. The van der Waals surface area contributed by atoms with Crippen molar-refractivity contribution in [3.63, 3.8) is 0 Å². The summed E-state index contributed by atoms with van der Waals surface area (Å²) in [5.74, 6) is -0.102. The minimum atomic E-state index is -0.394. The van der Waals surface area contributed by atoms with E-state index in [4.69, 9.17) is 5.41 Å². The van der Waals surface area contributed by atoms with Crippen LogP contribution in [0.15, 0.2) is 39.9 Å². The van der Waals surface area contributed by atoms with Crippen molar-refractivity contribution in [2.75, 3.05) is 0 Å². The monoisotopic (exact) mass is 419 g/mol. The number of nitrogens with one attached hydrogen (secondary N) is 1. The van der Waals surface area contributed by atoms with Crippen LogP contribution in [0.1, 0.15) is 41.9 Å². The summed E-state index contributed by atoms with van der Waals surface area (Å²) in [4.78, 5) is 16.9. The molecule has 0 aliphatic carbocycles. The van der Waals surface area contributed by atoms with E-state index < -0.39 is 5.91 Å². The molecular weight excluding hydrogens is 394 g/mol. The van der Waals surface area contributed by atoms with E-state index in [0.717, 1.165) is 27.7 Å². The van der Waals surface area contributed by atoms with Gasteiger partial charge >= 0.3 is 0 Å². The Morgan fingerprint density at radius 3 is 2.50 bits per heavy atom. The Labute approximate surface area is 180 Å². The molecule has 2 aliphatic heterocycles. The molecule has 0 radical (unpaired) electrons. The molecule has 6 nitrogen and oxygen atoms in total. The summed E-state index contributed by atoms with van der Waals surface area (Å²) in [6.45, 7) is 12.4. The maximum atomic E-state index is 12.7. The minimum absolute atomic E-state index is 0.0733. The molecule has 3 heterocycles. The van der Waals surface area contributed by atoms with Crippen LogP contribution in [0, 0.1) is 39.0 Å². The highest BCUT2D eigenvalue weighted by atomic mass is 32.2. The van der Waals surface area contributed by atoms with Gasteiger partial charge in [0.15, 0.2) is 5.84 Å². The number of hydrogen-bond donors (Lipinski definition) is 1. The van der Waals surface area contributed by atoms with Crippen LogP contribution >= 0.6 is 11.8 Å². The highest BCUT2D eigenvalue weighted by Gasteiger charge is 2.36. The molecule has 0 spiro atoms. The van der Waals surface area contributed by atoms with Crippen LogP contribution in [-0.2, 0) is 4.79 Å². The first-order chi connectivity index (χ1) is 14.2. The number of hydrazone groups is 1. The van der Waals surface area contributed by atoms with Gasteiger partial charge in [-0.3, -0.25) is 10.2 Å². The number of fused-ring (bicyclic) bond motifs is 1. The standard InChI is InChI=1S/C23H25N5OS/c1-12(2)22-26-28-20(24)19(21(29)25-23(28)30-22)11-17-10-15(5)27(16(17)6)18-8-7-13(3)14(4)9-18/h7-12,24H,1-6H3/b19-11-,24-20?. The number of hydrogen-bond acceptors (Lipinski definition) is 4. The fourth-order valence-electron chi connectivity index (χ4n) is 3.59. The van der Waals surface area contributed by atoms with Crippen LogP contribution in [-0.4, -0.2) is 31.5 Å². The van der Waals surface area contributed by atoms with Gasteiger partial charge in [0.2, 0.25) is 5.17 Å². The molecule has 0 saturated carbocycles. The lowest BCUT2D eigenvalue weighted by Crippen LogP contribution is -2.35. The highest BCUT2D eigenvalue weighted by molar-refractivity contribution is 8.27. The third-order valence-electron chi connectivity index (χ3n) is 5.48. The van der Waals surface area contributed by atoms with Crippen LogP contribution in [0.2, 0.25) is 0 Å².